The van der Waals surface area contributed by atoms with Gasteiger partial charge in [-0.1, -0.05) is 11.6 Å². The number of halogens is 1. The average Bonchev–Trinajstić information content (AvgIpc) is 2.18. The number of rotatable bonds is 1. The van der Waals surface area contributed by atoms with Crippen LogP contribution in [0.5, 0.6) is 5.75 Å². The monoisotopic (exact) mass is 212 g/mol. The molecule has 0 saturated heterocycles. The van der Waals surface area contributed by atoms with Crippen molar-refractivity contribution < 1.29 is 14.3 Å². The second-order valence-corrected chi connectivity index (χ2v) is 3.48. The molecule has 0 spiro atoms. The minimum atomic E-state index is -0.497. The third-order valence-corrected chi connectivity index (χ3v) is 2.41. The Balaban J connectivity index is 2.41. The number of ether oxygens (including phenoxy) is 2. The van der Waals surface area contributed by atoms with Crippen LogP contribution in [0.1, 0.15) is 10.4 Å². The fraction of sp³-hybridized carbons (Fsp3) is 0.300. The van der Waals surface area contributed by atoms with Gasteiger partial charge in [-0.15, -0.1) is 0 Å². The lowest BCUT2D eigenvalue weighted by Gasteiger charge is -2.22. The van der Waals surface area contributed by atoms with Crippen molar-refractivity contribution in [3.63, 3.8) is 0 Å². The SMILES string of the molecule is COC1COc2cc(Cl)ccc2C1=O. The fourth-order valence-electron chi connectivity index (χ4n) is 1.41. The quantitative estimate of drug-likeness (QED) is 0.714. The first-order valence-corrected chi connectivity index (χ1v) is 4.59. The summed E-state index contributed by atoms with van der Waals surface area (Å²) in [5.74, 6) is 0.487. The molecule has 1 aromatic carbocycles. The summed E-state index contributed by atoms with van der Waals surface area (Å²) in [6.45, 7) is 0.253. The lowest BCUT2D eigenvalue weighted by molar-refractivity contribution is 0.0368. The molecule has 1 atom stereocenters. The summed E-state index contributed by atoms with van der Waals surface area (Å²) >= 11 is 5.77. The molecule has 0 fully saturated rings. The first-order chi connectivity index (χ1) is 6.72. The Hall–Kier alpha value is -1.06. The number of hydrogen-bond donors (Lipinski definition) is 0. The highest BCUT2D eigenvalue weighted by Gasteiger charge is 2.28. The van der Waals surface area contributed by atoms with Crippen LogP contribution in [0.25, 0.3) is 0 Å². The van der Waals surface area contributed by atoms with E-state index in [1.807, 2.05) is 0 Å². The van der Waals surface area contributed by atoms with Crippen molar-refractivity contribution in [2.75, 3.05) is 13.7 Å². The predicted octanol–water partition coefficient (Wildman–Crippen LogP) is 1.93. The number of ketones is 1. The number of methoxy groups -OCH3 is 1. The fourth-order valence-corrected chi connectivity index (χ4v) is 1.57. The van der Waals surface area contributed by atoms with Crippen LogP contribution in [-0.4, -0.2) is 25.6 Å². The molecule has 0 N–H and O–H groups in total. The van der Waals surface area contributed by atoms with E-state index in [0.29, 0.717) is 16.3 Å². The largest absolute Gasteiger partial charge is 0.490 e. The number of hydrogen-bond acceptors (Lipinski definition) is 3. The Labute approximate surface area is 86.6 Å². The summed E-state index contributed by atoms with van der Waals surface area (Å²) < 4.78 is 10.3. The molecule has 1 unspecified atom stereocenters. The van der Waals surface area contributed by atoms with E-state index in [1.54, 1.807) is 18.2 Å². The van der Waals surface area contributed by atoms with Crippen LogP contribution in [0.3, 0.4) is 0 Å². The van der Waals surface area contributed by atoms with E-state index >= 15 is 0 Å². The van der Waals surface area contributed by atoms with Crippen LogP contribution < -0.4 is 4.74 Å². The Morgan fingerprint density at radius 3 is 3.07 bits per heavy atom. The maximum absolute atomic E-state index is 11.7. The molecule has 3 nitrogen and oxygen atoms in total. The first kappa shape index (κ1) is 9.49. The maximum Gasteiger partial charge on any atom is 0.198 e. The minimum absolute atomic E-state index is 0.0505. The molecule has 0 aromatic heterocycles. The van der Waals surface area contributed by atoms with Crippen molar-refractivity contribution in [3.8, 4) is 5.75 Å². The third-order valence-electron chi connectivity index (χ3n) is 2.18. The van der Waals surface area contributed by atoms with Crippen LogP contribution in [0.15, 0.2) is 18.2 Å². The molecule has 1 aliphatic rings. The van der Waals surface area contributed by atoms with E-state index in [0.717, 1.165) is 0 Å². The van der Waals surface area contributed by atoms with Crippen molar-refractivity contribution in [3.05, 3.63) is 28.8 Å². The molecule has 1 aliphatic heterocycles. The van der Waals surface area contributed by atoms with Gasteiger partial charge < -0.3 is 9.47 Å². The van der Waals surface area contributed by atoms with Crippen molar-refractivity contribution in [1.82, 2.24) is 0 Å². The van der Waals surface area contributed by atoms with Crippen LogP contribution >= 0.6 is 11.6 Å². The smallest absolute Gasteiger partial charge is 0.198 e. The maximum atomic E-state index is 11.7. The number of carbonyl (C=O) groups excluding carboxylic acids is 1. The van der Waals surface area contributed by atoms with Gasteiger partial charge in [-0.3, -0.25) is 4.79 Å². The Bertz CT molecular complexity index is 376. The molecule has 2 rings (SSSR count). The van der Waals surface area contributed by atoms with Crippen molar-refractivity contribution in [2.45, 2.75) is 6.10 Å². The van der Waals surface area contributed by atoms with Gasteiger partial charge in [0, 0.05) is 12.1 Å². The molecule has 0 radical (unpaired) electrons. The Morgan fingerprint density at radius 1 is 1.57 bits per heavy atom. The van der Waals surface area contributed by atoms with Crippen LogP contribution in [-0.2, 0) is 4.74 Å². The molecule has 1 aromatic rings. The van der Waals surface area contributed by atoms with E-state index < -0.39 is 6.10 Å². The number of Topliss-reactive ketones (excluding diaryl/α,β-unsaturated/α-hetero) is 1. The summed E-state index contributed by atoms with van der Waals surface area (Å²) in [6.07, 6.45) is -0.497. The van der Waals surface area contributed by atoms with E-state index in [2.05, 4.69) is 0 Å². The molecule has 0 saturated carbocycles. The van der Waals surface area contributed by atoms with Gasteiger partial charge in [0.1, 0.15) is 12.4 Å². The van der Waals surface area contributed by atoms with Crippen molar-refractivity contribution in [1.29, 1.82) is 0 Å². The van der Waals surface area contributed by atoms with Crippen LogP contribution in [0.2, 0.25) is 5.02 Å². The van der Waals surface area contributed by atoms with Gasteiger partial charge in [-0.25, -0.2) is 0 Å². The molecule has 74 valence electrons. The number of carbonyl (C=O) groups is 1. The summed E-state index contributed by atoms with van der Waals surface area (Å²) in [5, 5.41) is 0.562. The van der Waals surface area contributed by atoms with Gasteiger partial charge in [0.05, 0.1) is 5.56 Å². The lowest BCUT2D eigenvalue weighted by atomic mass is 10.0. The molecule has 1 heterocycles. The standard InChI is InChI=1S/C10H9ClO3/c1-13-9-5-14-8-4-6(11)2-3-7(8)10(9)12/h2-4,9H,5H2,1H3. The summed E-state index contributed by atoms with van der Waals surface area (Å²) in [4.78, 5) is 11.7. The van der Waals surface area contributed by atoms with Gasteiger partial charge in [0.25, 0.3) is 0 Å². The zero-order chi connectivity index (χ0) is 10.1. The van der Waals surface area contributed by atoms with Crippen molar-refractivity contribution >= 4 is 17.4 Å². The second kappa shape index (κ2) is 3.59. The van der Waals surface area contributed by atoms with Gasteiger partial charge in [-0.05, 0) is 18.2 Å². The van der Waals surface area contributed by atoms with Gasteiger partial charge in [0.2, 0.25) is 0 Å². The molecule has 4 heteroatoms. The number of benzene rings is 1. The summed E-state index contributed by atoms with van der Waals surface area (Å²) in [7, 11) is 1.49. The second-order valence-electron chi connectivity index (χ2n) is 3.04. The van der Waals surface area contributed by atoms with E-state index in [-0.39, 0.29) is 12.4 Å². The van der Waals surface area contributed by atoms with E-state index in [9.17, 15) is 4.79 Å². The zero-order valence-electron chi connectivity index (χ0n) is 7.62. The van der Waals surface area contributed by atoms with E-state index in [4.69, 9.17) is 21.1 Å². The molecule has 0 amide bonds. The predicted molar refractivity (Wildman–Crippen MR) is 52.1 cm³/mol. The third kappa shape index (κ3) is 1.49. The summed E-state index contributed by atoms with van der Waals surface area (Å²) in [6, 6.07) is 4.96. The molecule has 14 heavy (non-hydrogen) atoms. The highest BCUT2D eigenvalue weighted by molar-refractivity contribution is 6.31. The molecular formula is C10H9ClO3. The molecule has 0 bridgehead atoms. The Kier molecular flexibility index (Phi) is 2.44. The first-order valence-electron chi connectivity index (χ1n) is 4.21. The topological polar surface area (TPSA) is 35.5 Å². The van der Waals surface area contributed by atoms with Crippen molar-refractivity contribution in [2.24, 2.45) is 0 Å². The Morgan fingerprint density at radius 2 is 2.36 bits per heavy atom. The minimum Gasteiger partial charge on any atom is -0.490 e. The normalized spacial score (nSPS) is 20.1. The van der Waals surface area contributed by atoms with Crippen LogP contribution in [0.4, 0.5) is 0 Å². The average molecular weight is 213 g/mol. The van der Waals surface area contributed by atoms with Gasteiger partial charge in [0.15, 0.2) is 11.9 Å². The summed E-state index contributed by atoms with van der Waals surface area (Å²) in [5.41, 5.74) is 0.535. The highest BCUT2D eigenvalue weighted by atomic mass is 35.5. The van der Waals surface area contributed by atoms with Gasteiger partial charge in [-0.2, -0.15) is 0 Å². The molecular weight excluding hydrogens is 204 g/mol. The molecule has 0 aliphatic carbocycles. The van der Waals surface area contributed by atoms with Gasteiger partial charge >= 0.3 is 0 Å². The number of fused-ring (bicyclic) bond motifs is 1. The van der Waals surface area contributed by atoms with E-state index in [1.165, 1.54) is 7.11 Å². The van der Waals surface area contributed by atoms with Crippen LogP contribution in [0, 0.1) is 0 Å². The zero-order valence-corrected chi connectivity index (χ0v) is 8.38. The highest BCUT2D eigenvalue weighted by Crippen LogP contribution is 2.28. The lowest BCUT2D eigenvalue weighted by Crippen LogP contribution is -2.34.